The van der Waals surface area contributed by atoms with Crippen LogP contribution in [0, 0.1) is 0 Å². The molecule has 1 saturated heterocycles. The van der Waals surface area contributed by atoms with E-state index in [4.69, 9.17) is 19.4 Å². The number of alkyl halides is 3. The Labute approximate surface area is 220 Å². The Bertz CT molecular complexity index is 1420. The van der Waals surface area contributed by atoms with Gasteiger partial charge in [0.1, 0.15) is 5.82 Å². The third kappa shape index (κ3) is 5.16. The molecule has 0 radical (unpaired) electrons. The average molecular weight is 573 g/mol. The number of anilines is 2. The molecule has 0 bridgehead atoms. The number of fused-ring (bicyclic) bond motifs is 1. The van der Waals surface area contributed by atoms with Crippen molar-refractivity contribution < 1.29 is 22.6 Å². The number of nitrogens with zero attached hydrogens (tertiary/aromatic N) is 4. The summed E-state index contributed by atoms with van der Waals surface area (Å²) < 4.78 is 51.6. The normalized spacial score (nSPS) is 14.2. The number of aromatic nitrogens is 2. The molecule has 37 heavy (non-hydrogen) atoms. The molecule has 10 heteroatoms. The number of hydrogen-bond donors (Lipinski definition) is 0. The second-order valence-corrected chi connectivity index (χ2v) is 9.54. The summed E-state index contributed by atoms with van der Waals surface area (Å²) in [5.41, 5.74) is 1.49. The molecule has 0 N–H and O–H groups in total. The lowest BCUT2D eigenvalue weighted by molar-refractivity contribution is -0.137. The average Bonchev–Trinajstić information content (AvgIpc) is 2.91. The van der Waals surface area contributed by atoms with Crippen LogP contribution in [0.25, 0.3) is 22.3 Å². The molecule has 2 heterocycles. The third-order valence-electron chi connectivity index (χ3n) is 6.40. The van der Waals surface area contributed by atoms with Crippen molar-refractivity contribution in [1.29, 1.82) is 0 Å². The second kappa shape index (κ2) is 10.1. The maximum Gasteiger partial charge on any atom is 0.416 e. The van der Waals surface area contributed by atoms with Crippen LogP contribution >= 0.6 is 15.9 Å². The highest BCUT2D eigenvalue weighted by molar-refractivity contribution is 9.10. The van der Waals surface area contributed by atoms with Crippen molar-refractivity contribution in [2.24, 2.45) is 0 Å². The first kappa shape index (κ1) is 25.1. The van der Waals surface area contributed by atoms with E-state index < -0.39 is 11.7 Å². The fraction of sp³-hybridized carbons (Fsp3) is 0.259. The van der Waals surface area contributed by atoms with Crippen molar-refractivity contribution in [1.82, 2.24) is 9.97 Å². The summed E-state index contributed by atoms with van der Waals surface area (Å²) in [7, 11) is 3.16. The van der Waals surface area contributed by atoms with Crippen LogP contribution in [0.1, 0.15) is 5.56 Å². The Morgan fingerprint density at radius 3 is 2.11 bits per heavy atom. The number of methoxy groups -OCH3 is 2. The Morgan fingerprint density at radius 1 is 0.811 bits per heavy atom. The number of ether oxygens (including phenoxy) is 2. The largest absolute Gasteiger partial charge is 0.493 e. The van der Waals surface area contributed by atoms with Crippen LogP contribution in [-0.2, 0) is 6.18 Å². The monoisotopic (exact) mass is 572 g/mol. The van der Waals surface area contributed by atoms with E-state index in [9.17, 15) is 13.2 Å². The van der Waals surface area contributed by atoms with Gasteiger partial charge in [-0.15, -0.1) is 0 Å². The molecule has 0 unspecified atom stereocenters. The van der Waals surface area contributed by atoms with Crippen LogP contribution in [0.15, 0.2) is 65.1 Å². The van der Waals surface area contributed by atoms with Gasteiger partial charge in [-0.3, -0.25) is 0 Å². The van der Waals surface area contributed by atoms with Gasteiger partial charge in [-0.2, -0.15) is 13.2 Å². The lowest BCUT2D eigenvalue weighted by Gasteiger charge is -2.37. The molecule has 5 rings (SSSR count). The minimum atomic E-state index is -4.37. The molecule has 1 fully saturated rings. The highest BCUT2D eigenvalue weighted by Gasteiger charge is 2.31. The van der Waals surface area contributed by atoms with Crippen LogP contribution < -0.4 is 19.3 Å². The lowest BCUT2D eigenvalue weighted by atomic mass is 10.1. The fourth-order valence-corrected chi connectivity index (χ4v) is 4.73. The van der Waals surface area contributed by atoms with E-state index in [0.717, 1.165) is 27.3 Å². The molecule has 1 aliphatic rings. The molecule has 3 aromatic carbocycles. The van der Waals surface area contributed by atoms with E-state index in [1.165, 1.54) is 12.1 Å². The van der Waals surface area contributed by atoms with Gasteiger partial charge in [0, 0.05) is 53.4 Å². The topological polar surface area (TPSA) is 50.7 Å². The smallest absolute Gasteiger partial charge is 0.416 e. The number of benzene rings is 3. The molecule has 1 aliphatic heterocycles. The van der Waals surface area contributed by atoms with E-state index >= 15 is 0 Å². The van der Waals surface area contributed by atoms with Crippen molar-refractivity contribution in [3.63, 3.8) is 0 Å². The lowest BCUT2D eigenvalue weighted by Crippen LogP contribution is -2.47. The highest BCUT2D eigenvalue weighted by Crippen LogP contribution is 2.37. The SMILES string of the molecule is COc1cc2nc(-c3ccc(Br)cc3)nc(N3CCN(c4cccc(C(F)(F)F)c4)CC3)c2cc1OC. The standard InChI is InChI=1S/C27H24BrF3N4O2/c1-36-23-15-21-22(16-24(23)37-2)32-25(17-6-8-19(28)9-7-17)33-26(21)35-12-10-34(11-13-35)20-5-3-4-18(14-20)27(29,30)31/h3-9,14-16H,10-13H2,1-2H3. The minimum Gasteiger partial charge on any atom is -0.493 e. The first-order chi connectivity index (χ1) is 17.8. The van der Waals surface area contributed by atoms with Crippen LogP contribution in [0.2, 0.25) is 0 Å². The van der Waals surface area contributed by atoms with Gasteiger partial charge in [0.25, 0.3) is 0 Å². The van der Waals surface area contributed by atoms with Gasteiger partial charge in [0.2, 0.25) is 0 Å². The van der Waals surface area contributed by atoms with Crippen molar-refractivity contribution in [3.05, 3.63) is 70.7 Å². The number of piperazine rings is 1. The summed E-state index contributed by atoms with van der Waals surface area (Å²) in [4.78, 5) is 13.8. The van der Waals surface area contributed by atoms with Crippen LogP contribution in [-0.4, -0.2) is 50.4 Å². The zero-order chi connectivity index (χ0) is 26.2. The quantitative estimate of drug-likeness (QED) is 0.275. The molecular weight excluding hydrogens is 549 g/mol. The summed E-state index contributed by atoms with van der Waals surface area (Å²) in [5, 5.41) is 0.811. The van der Waals surface area contributed by atoms with E-state index in [1.807, 2.05) is 41.3 Å². The molecule has 192 valence electrons. The van der Waals surface area contributed by atoms with Gasteiger partial charge in [0.05, 0.1) is 25.3 Å². The van der Waals surface area contributed by atoms with Crippen molar-refractivity contribution in [3.8, 4) is 22.9 Å². The Morgan fingerprint density at radius 2 is 1.46 bits per heavy atom. The molecule has 0 aliphatic carbocycles. The van der Waals surface area contributed by atoms with Crippen LogP contribution in [0.5, 0.6) is 11.5 Å². The highest BCUT2D eigenvalue weighted by atomic mass is 79.9. The van der Waals surface area contributed by atoms with E-state index in [-0.39, 0.29) is 0 Å². The third-order valence-corrected chi connectivity index (χ3v) is 6.93. The predicted octanol–water partition coefficient (Wildman–Crippen LogP) is 6.42. The Hall–Kier alpha value is -3.53. The second-order valence-electron chi connectivity index (χ2n) is 8.62. The summed E-state index contributed by atoms with van der Waals surface area (Å²) in [6.45, 7) is 2.26. The number of rotatable bonds is 5. The van der Waals surface area contributed by atoms with Gasteiger partial charge in [0.15, 0.2) is 17.3 Å². The molecule has 0 atom stereocenters. The zero-order valence-corrected chi connectivity index (χ0v) is 21.8. The zero-order valence-electron chi connectivity index (χ0n) is 20.2. The van der Waals surface area contributed by atoms with Gasteiger partial charge < -0.3 is 19.3 Å². The van der Waals surface area contributed by atoms with Crippen molar-refractivity contribution >= 4 is 38.3 Å². The summed E-state index contributed by atoms with van der Waals surface area (Å²) in [6, 6.07) is 16.9. The molecule has 0 spiro atoms. The van der Waals surface area contributed by atoms with Gasteiger partial charge in [-0.25, -0.2) is 9.97 Å². The maximum atomic E-state index is 13.2. The molecule has 1 aromatic heterocycles. The van der Waals surface area contributed by atoms with E-state index in [0.29, 0.717) is 54.7 Å². The summed E-state index contributed by atoms with van der Waals surface area (Å²) in [5.74, 6) is 2.45. The van der Waals surface area contributed by atoms with Gasteiger partial charge in [-0.05, 0) is 36.4 Å². The molecule has 0 saturated carbocycles. The van der Waals surface area contributed by atoms with E-state index in [1.54, 1.807) is 20.3 Å². The maximum absolute atomic E-state index is 13.2. The van der Waals surface area contributed by atoms with Gasteiger partial charge >= 0.3 is 6.18 Å². The predicted molar refractivity (Wildman–Crippen MR) is 142 cm³/mol. The first-order valence-corrected chi connectivity index (χ1v) is 12.4. The van der Waals surface area contributed by atoms with Crippen LogP contribution in [0.4, 0.5) is 24.7 Å². The molecule has 6 nitrogen and oxygen atoms in total. The Kier molecular flexibility index (Phi) is 6.85. The fourth-order valence-electron chi connectivity index (χ4n) is 4.46. The summed E-state index contributed by atoms with van der Waals surface area (Å²) >= 11 is 3.46. The molecular formula is C27H24BrF3N4O2. The van der Waals surface area contributed by atoms with Crippen molar-refractivity contribution in [2.45, 2.75) is 6.18 Å². The number of hydrogen-bond acceptors (Lipinski definition) is 6. The number of halogens is 4. The van der Waals surface area contributed by atoms with Crippen LogP contribution in [0.3, 0.4) is 0 Å². The van der Waals surface area contributed by atoms with E-state index in [2.05, 4.69) is 20.8 Å². The summed E-state index contributed by atoms with van der Waals surface area (Å²) in [6.07, 6.45) is -4.37. The first-order valence-electron chi connectivity index (χ1n) is 11.6. The van der Waals surface area contributed by atoms with Crippen molar-refractivity contribution in [2.75, 3.05) is 50.2 Å². The van der Waals surface area contributed by atoms with Gasteiger partial charge in [-0.1, -0.05) is 34.1 Å². The minimum absolute atomic E-state index is 0.549. The molecule has 0 amide bonds. The Balaban J connectivity index is 1.51. The molecule has 4 aromatic rings.